The quantitative estimate of drug-likeness (QED) is 0.729. The second-order valence-corrected chi connectivity index (χ2v) is 5.70. The minimum atomic E-state index is -3.74. The van der Waals surface area contributed by atoms with E-state index in [0.717, 1.165) is 5.56 Å². The Morgan fingerprint density at radius 2 is 1.95 bits per heavy atom. The lowest BCUT2D eigenvalue weighted by atomic mass is 10.2. The largest absolute Gasteiger partial charge is 0.464 e. The number of carbonyl (C=O) groups excluding carboxylic acids is 1. The highest BCUT2D eigenvalue weighted by atomic mass is 32.2. The molecule has 0 saturated carbocycles. The predicted molar refractivity (Wildman–Crippen MR) is 69.0 cm³/mol. The van der Waals surface area contributed by atoms with Gasteiger partial charge in [0.15, 0.2) is 6.10 Å². The minimum Gasteiger partial charge on any atom is -0.464 e. The Morgan fingerprint density at radius 1 is 1.37 bits per heavy atom. The van der Waals surface area contributed by atoms with E-state index < -0.39 is 28.6 Å². The van der Waals surface area contributed by atoms with Crippen LogP contribution in [0.5, 0.6) is 0 Å². The van der Waals surface area contributed by atoms with Gasteiger partial charge in [-0.2, -0.15) is 0 Å². The number of hydrogen-bond acceptors (Lipinski definition) is 5. The molecular formula is C12H17NO5S. The number of aliphatic hydroxyl groups is 1. The molecule has 0 fully saturated rings. The summed E-state index contributed by atoms with van der Waals surface area (Å²) in [7, 11) is -3.74. The molecule has 0 aliphatic carbocycles. The van der Waals surface area contributed by atoms with Gasteiger partial charge in [-0.15, -0.1) is 0 Å². The van der Waals surface area contributed by atoms with E-state index >= 15 is 0 Å². The van der Waals surface area contributed by atoms with Gasteiger partial charge >= 0.3 is 5.97 Å². The summed E-state index contributed by atoms with van der Waals surface area (Å²) in [4.78, 5) is 11.2. The highest BCUT2D eigenvalue weighted by molar-refractivity contribution is 7.89. The number of benzene rings is 1. The summed E-state index contributed by atoms with van der Waals surface area (Å²) in [6.07, 6.45) is -1.51. The molecule has 0 radical (unpaired) electrons. The van der Waals surface area contributed by atoms with Crippen LogP contribution in [0.1, 0.15) is 12.5 Å². The van der Waals surface area contributed by atoms with Crippen molar-refractivity contribution in [1.29, 1.82) is 0 Å². The molecule has 1 atom stereocenters. The molecular weight excluding hydrogens is 270 g/mol. The summed E-state index contributed by atoms with van der Waals surface area (Å²) < 4.78 is 30.4. The van der Waals surface area contributed by atoms with Crippen molar-refractivity contribution in [1.82, 2.24) is 4.72 Å². The van der Waals surface area contributed by atoms with Crippen molar-refractivity contribution < 1.29 is 23.1 Å². The molecule has 0 aliphatic heterocycles. The molecule has 0 saturated heterocycles. The zero-order valence-corrected chi connectivity index (χ0v) is 11.6. The second-order valence-electron chi connectivity index (χ2n) is 3.93. The standard InChI is InChI=1S/C12H17NO5S/c1-3-18-12(15)11(14)8-13-19(16,17)10-6-4-9(2)5-7-10/h4-7,11,13-14H,3,8H2,1-2H3. The number of aryl methyl sites for hydroxylation is 1. The first-order valence-electron chi connectivity index (χ1n) is 5.78. The molecule has 0 amide bonds. The van der Waals surface area contributed by atoms with Gasteiger partial charge in [-0.1, -0.05) is 17.7 Å². The summed E-state index contributed by atoms with van der Waals surface area (Å²) in [5.74, 6) is -0.853. The lowest BCUT2D eigenvalue weighted by Gasteiger charge is -2.11. The van der Waals surface area contributed by atoms with E-state index in [1.54, 1.807) is 19.1 Å². The number of hydrogen-bond donors (Lipinski definition) is 2. The van der Waals surface area contributed by atoms with Crippen molar-refractivity contribution in [3.8, 4) is 0 Å². The zero-order chi connectivity index (χ0) is 14.5. The highest BCUT2D eigenvalue weighted by Crippen LogP contribution is 2.09. The normalized spacial score (nSPS) is 13.0. The molecule has 0 heterocycles. The average molecular weight is 287 g/mol. The van der Waals surface area contributed by atoms with Gasteiger partial charge < -0.3 is 9.84 Å². The van der Waals surface area contributed by atoms with Crippen molar-refractivity contribution in [2.75, 3.05) is 13.2 Å². The Labute approximate surface area is 112 Å². The van der Waals surface area contributed by atoms with E-state index in [9.17, 15) is 18.3 Å². The van der Waals surface area contributed by atoms with E-state index in [1.165, 1.54) is 12.1 Å². The summed E-state index contributed by atoms with van der Waals surface area (Å²) >= 11 is 0. The van der Waals surface area contributed by atoms with Crippen LogP contribution in [0.25, 0.3) is 0 Å². The number of rotatable bonds is 6. The molecule has 0 aromatic heterocycles. The molecule has 1 aromatic carbocycles. The van der Waals surface area contributed by atoms with Crippen LogP contribution in [0.2, 0.25) is 0 Å². The van der Waals surface area contributed by atoms with Crippen LogP contribution >= 0.6 is 0 Å². The maximum absolute atomic E-state index is 11.9. The van der Waals surface area contributed by atoms with Gasteiger partial charge in [0.1, 0.15) is 0 Å². The van der Waals surface area contributed by atoms with Crippen LogP contribution in [-0.4, -0.2) is 38.7 Å². The van der Waals surface area contributed by atoms with Crippen LogP contribution in [0.15, 0.2) is 29.2 Å². The highest BCUT2D eigenvalue weighted by Gasteiger charge is 2.20. The molecule has 7 heteroatoms. The summed E-state index contributed by atoms with van der Waals surface area (Å²) in [6.45, 7) is 3.14. The monoisotopic (exact) mass is 287 g/mol. The summed E-state index contributed by atoms with van der Waals surface area (Å²) in [5, 5.41) is 9.40. The molecule has 1 unspecified atom stereocenters. The molecule has 0 aliphatic rings. The lowest BCUT2D eigenvalue weighted by Crippen LogP contribution is -2.37. The second kappa shape index (κ2) is 6.65. The maximum Gasteiger partial charge on any atom is 0.336 e. The SMILES string of the molecule is CCOC(=O)C(O)CNS(=O)(=O)c1ccc(C)cc1. The maximum atomic E-state index is 11.9. The van der Waals surface area contributed by atoms with Crippen LogP contribution in [0.4, 0.5) is 0 Å². The van der Waals surface area contributed by atoms with E-state index in [2.05, 4.69) is 9.46 Å². The number of ether oxygens (including phenoxy) is 1. The summed E-state index contributed by atoms with van der Waals surface area (Å²) in [6, 6.07) is 6.23. The number of nitrogens with one attached hydrogen (secondary N) is 1. The summed E-state index contributed by atoms with van der Waals surface area (Å²) in [5.41, 5.74) is 0.936. The lowest BCUT2D eigenvalue weighted by molar-refractivity contribution is -0.152. The van der Waals surface area contributed by atoms with Crippen LogP contribution < -0.4 is 4.72 Å². The molecule has 2 N–H and O–H groups in total. The Balaban J connectivity index is 2.66. The minimum absolute atomic E-state index is 0.0779. The fourth-order valence-electron chi connectivity index (χ4n) is 1.31. The Kier molecular flexibility index (Phi) is 5.46. The first-order valence-corrected chi connectivity index (χ1v) is 7.26. The van der Waals surface area contributed by atoms with Gasteiger partial charge in [0.2, 0.25) is 10.0 Å². The smallest absolute Gasteiger partial charge is 0.336 e. The van der Waals surface area contributed by atoms with Crippen molar-refractivity contribution in [2.24, 2.45) is 0 Å². The Hall–Kier alpha value is -1.44. The zero-order valence-electron chi connectivity index (χ0n) is 10.8. The topological polar surface area (TPSA) is 92.7 Å². The molecule has 6 nitrogen and oxygen atoms in total. The molecule has 1 rings (SSSR count). The molecule has 1 aromatic rings. The van der Waals surface area contributed by atoms with Crippen molar-refractivity contribution in [2.45, 2.75) is 24.8 Å². The van der Waals surface area contributed by atoms with Crippen LogP contribution in [0, 0.1) is 6.92 Å². The van der Waals surface area contributed by atoms with Gasteiger partial charge in [-0.05, 0) is 26.0 Å². The van der Waals surface area contributed by atoms with Gasteiger partial charge in [0, 0.05) is 6.54 Å². The fraction of sp³-hybridized carbons (Fsp3) is 0.417. The first-order chi connectivity index (χ1) is 8.86. The molecule has 19 heavy (non-hydrogen) atoms. The van der Waals surface area contributed by atoms with E-state index in [-0.39, 0.29) is 11.5 Å². The Bertz CT molecular complexity index is 524. The van der Waals surface area contributed by atoms with Gasteiger partial charge in [-0.3, -0.25) is 0 Å². The number of aliphatic hydroxyl groups excluding tert-OH is 1. The molecule has 0 bridgehead atoms. The third-order valence-electron chi connectivity index (χ3n) is 2.36. The van der Waals surface area contributed by atoms with Crippen LogP contribution in [0.3, 0.4) is 0 Å². The van der Waals surface area contributed by atoms with E-state index in [1.807, 2.05) is 6.92 Å². The van der Waals surface area contributed by atoms with E-state index in [0.29, 0.717) is 0 Å². The average Bonchev–Trinajstić information content (AvgIpc) is 2.37. The van der Waals surface area contributed by atoms with Gasteiger partial charge in [0.25, 0.3) is 0 Å². The fourth-order valence-corrected chi connectivity index (χ4v) is 2.35. The Morgan fingerprint density at radius 3 is 2.47 bits per heavy atom. The number of carbonyl (C=O) groups is 1. The van der Waals surface area contributed by atoms with Gasteiger partial charge in [-0.25, -0.2) is 17.9 Å². The number of esters is 1. The van der Waals surface area contributed by atoms with E-state index in [4.69, 9.17) is 0 Å². The molecule has 106 valence electrons. The molecule has 0 spiro atoms. The third kappa shape index (κ3) is 4.62. The predicted octanol–water partition coefficient (Wildman–Crippen LogP) is 0.197. The van der Waals surface area contributed by atoms with Crippen molar-refractivity contribution in [3.05, 3.63) is 29.8 Å². The third-order valence-corrected chi connectivity index (χ3v) is 3.80. The first kappa shape index (κ1) is 15.6. The van der Waals surface area contributed by atoms with Crippen molar-refractivity contribution in [3.63, 3.8) is 0 Å². The van der Waals surface area contributed by atoms with Gasteiger partial charge in [0.05, 0.1) is 11.5 Å². The van der Waals surface area contributed by atoms with Crippen LogP contribution in [-0.2, 0) is 19.6 Å². The van der Waals surface area contributed by atoms with Crippen molar-refractivity contribution >= 4 is 16.0 Å². The number of sulfonamides is 1.